The molecule has 0 unspecified atom stereocenters. The third-order valence-corrected chi connectivity index (χ3v) is 5.62. The summed E-state index contributed by atoms with van der Waals surface area (Å²) in [6.45, 7) is 7.50. The van der Waals surface area contributed by atoms with Gasteiger partial charge in [-0.3, -0.25) is 0 Å². The van der Waals surface area contributed by atoms with Crippen molar-refractivity contribution in [2.45, 2.75) is 26.2 Å². The van der Waals surface area contributed by atoms with Crippen LogP contribution in [0, 0.1) is 0 Å². The highest BCUT2D eigenvalue weighted by Crippen LogP contribution is 2.20. The van der Waals surface area contributed by atoms with Gasteiger partial charge >= 0.3 is 6.03 Å². The quantitative estimate of drug-likeness (QED) is 0.816. The average molecular weight is 411 g/mol. The Bertz CT molecular complexity index is 813. The minimum atomic E-state index is -0.0784. The van der Waals surface area contributed by atoms with Gasteiger partial charge in [0.25, 0.3) is 0 Å². The highest BCUT2D eigenvalue weighted by molar-refractivity contribution is 5.89. The first-order valence-electron chi connectivity index (χ1n) is 10.9. The van der Waals surface area contributed by atoms with E-state index in [1.807, 2.05) is 42.2 Å². The zero-order valence-corrected chi connectivity index (χ0v) is 17.6. The molecule has 1 N–H and O–H groups in total. The maximum absolute atomic E-state index is 12.6. The lowest BCUT2D eigenvalue weighted by Gasteiger charge is -2.35. The van der Waals surface area contributed by atoms with E-state index in [4.69, 9.17) is 4.74 Å². The monoisotopic (exact) mass is 410 g/mol. The zero-order chi connectivity index (χ0) is 20.8. The predicted octanol–water partition coefficient (Wildman–Crippen LogP) is 3.22. The number of carbonyl (C=O) groups excluding carboxylic acids is 1. The lowest BCUT2D eigenvalue weighted by atomic mass is 10.1. The van der Waals surface area contributed by atoms with Gasteiger partial charge in [-0.1, -0.05) is 0 Å². The van der Waals surface area contributed by atoms with Gasteiger partial charge in [-0.2, -0.15) is 0 Å². The minimum absolute atomic E-state index is 0.0784. The molecule has 4 rings (SSSR count). The van der Waals surface area contributed by atoms with E-state index in [1.54, 1.807) is 0 Å². The molecular formula is C22H30N6O2. The second kappa shape index (κ2) is 9.65. The first kappa shape index (κ1) is 20.3. The van der Waals surface area contributed by atoms with E-state index in [9.17, 15) is 4.79 Å². The van der Waals surface area contributed by atoms with Crippen LogP contribution in [0.2, 0.25) is 0 Å². The lowest BCUT2D eigenvalue weighted by Crippen LogP contribution is -2.50. The van der Waals surface area contributed by atoms with Crippen molar-refractivity contribution in [3.8, 4) is 5.75 Å². The highest BCUT2D eigenvalue weighted by Gasteiger charge is 2.22. The van der Waals surface area contributed by atoms with Crippen molar-refractivity contribution in [3.63, 3.8) is 0 Å². The van der Waals surface area contributed by atoms with E-state index in [2.05, 4.69) is 31.4 Å². The zero-order valence-electron chi connectivity index (χ0n) is 17.6. The third-order valence-electron chi connectivity index (χ3n) is 5.62. The number of aromatic nitrogens is 2. The maximum Gasteiger partial charge on any atom is 0.321 e. The molecule has 160 valence electrons. The molecular weight excluding hydrogens is 380 g/mol. The normalized spacial score (nSPS) is 17.0. The summed E-state index contributed by atoms with van der Waals surface area (Å²) in [7, 11) is 0. The second-order valence-electron chi connectivity index (χ2n) is 7.66. The molecule has 2 aromatic rings. The number of hydrogen-bond acceptors (Lipinski definition) is 6. The minimum Gasteiger partial charge on any atom is -0.494 e. The van der Waals surface area contributed by atoms with E-state index >= 15 is 0 Å². The summed E-state index contributed by atoms with van der Waals surface area (Å²) in [5, 5.41) is 11.8. The molecule has 1 aromatic heterocycles. The van der Waals surface area contributed by atoms with Crippen LogP contribution < -0.4 is 19.9 Å². The number of carbonyl (C=O) groups is 1. The van der Waals surface area contributed by atoms with E-state index in [0.717, 1.165) is 49.3 Å². The topological polar surface area (TPSA) is 73.8 Å². The number of anilines is 3. The number of piperidine rings is 1. The Hall–Kier alpha value is -3.03. The summed E-state index contributed by atoms with van der Waals surface area (Å²) >= 11 is 0. The molecule has 0 bridgehead atoms. The van der Waals surface area contributed by atoms with Crippen molar-refractivity contribution in [2.75, 3.05) is 61.0 Å². The fourth-order valence-corrected chi connectivity index (χ4v) is 3.92. The summed E-state index contributed by atoms with van der Waals surface area (Å²) in [4.78, 5) is 18.9. The van der Waals surface area contributed by atoms with Crippen molar-refractivity contribution < 1.29 is 9.53 Å². The van der Waals surface area contributed by atoms with Gasteiger partial charge in [0.1, 0.15) is 5.75 Å². The molecule has 8 nitrogen and oxygen atoms in total. The molecule has 8 heteroatoms. The van der Waals surface area contributed by atoms with Crippen LogP contribution in [0.25, 0.3) is 0 Å². The van der Waals surface area contributed by atoms with Crippen molar-refractivity contribution in [3.05, 3.63) is 36.4 Å². The molecule has 3 heterocycles. The molecule has 0 saturated carbocycles. The summed E-state index contributed by atoms with van der Waals surface area (Å²) < 4.78 is 5.44. The second-order valence-corrected chi connectivity index (χ2v) is 7.66. The van der Waals surface area contributed by atoms with Crippen molar-refractivity contribution in [2.24, 2.45) is 0 Å². The van der Waals surface area contributed by atoms with Gasteiger partial charge in [-0.15, -0.1) is 10.2 Å². The number of rotatable bonds is 5. The van der Waals surface area contributed by atoms with Gasteiger partial charge in [0.05, 0.1) is 6.61 Å². The molecule has 0 aliphatic carbocycles. The third kappa shape index (κ3) is 4.93. The molecule has 0 atom stereocenters. The van der Waals surface area contributed by atoms with E-state index < -0.39 is 0 Å². The SMILES string of the molecule is CCOc1ccc(NC(=O)N2CCN(c3ccc(N4CCCCC4)nn3)CC2)cc1. The van der Waals surface area contributed by atoms with Crippen LogP contribution in [0.3, 0.4) is 0 Å². The average Bonchev–Trinajstić information content (AvgIpc) is 2.81. The van der Waals surface area contributed by atoms with Crippen LogP contribution in [0.15, 0.2) is 36.4 Å². The van der Waals surface area contributed by atoms with Gasteiger partial charge in [0, 0.05) is 45.0 Å². The summed E-state index contributed by atoms with van der Waals surface area (Å²) in [5.41, 5.74) is 0.769. The van der Waals surface area contributed by atoms with Crippen molar-refractivity contribution in [1.82, 2.24) is 15.1 Å². The van der Waals surface area contributed by atoms with E-state index in [1.165, 1.54) is 19.3 Å². The predicted molar refractivity (Wildman–Crippen MR) is 119 cm³/mol. The Balaban J connectivity index is 1.27. The number of benzene rings is 1. The van der Waals surface area contributed by atoms with Crippen LogP contribution in [0.1, 0.15) is 26.2 Å². The number of ether oxygens (including phenoxy) is 1. The molecule has 0 spiro atoms. The van der Waals surface area contributed by atoms with Crippen molar-refractivity contribution >= 4 is 23.4 Å². The molecule has 2 aliphatic rings. The van der Waals surface area contributed by atoms with Crippen LogP contribution in [-0.2, 0) is 0 Å². The molecule has 30 heavy (non-hydrogen) atoms. The van der Waals surface area contributed by atoms with Crippen LogP contribution >= 0.6 is 0 Å². The first-order valence-corrected chi connectivity index (χ1v) is 10.9. The number of nitrogens with one attached hydrogen (secondary N) is 1. The number of piperazine rings is 1. The smallest absolute Gasteiger partial charge is 0.321 e. The van der Waals surface area contributed by atoms with Gasteiger partial charge in [-0.05, 0) is 62.6 Å². The number of hydrogen-bond donors (Lipinski definition) is 1. The largest absolute Gasteiger partial charge is 0.494 e. The standard InChI is InChI=1S/C22H30N6O2/c1-2-30-19-8-6-18(7-9-19)23-22(29)28-16-14-27(15-17-28)21-11-10-20(24-25-21)26-12-4-3-5-13-26/h6-11H,2-5,12-17H2,1H3,(H,23,29). The van der Waals surface area contributed by atoms with Gasteiger partial charge in [-0.25, -0.2) is 4.79 Å². The van der Waals surface area contributed by atoms with Gasteiger partial charge in [0.15, 0.2) is 11.6 Å². The Kier molecular flexibility index (Phi) is 6.51. The number of urea groups is 1. The Morgan fingerprint density at radius 1 is 0.867 bits per heavy atom. The van der Waals surface area contributed by atoms with E-state index in [-0.39, 0.29) is 6.03 Å². The lowest BCUT2D eigenvalue weighted by molar-refractivity contribution is 0.208. The maximum atomic E-state index is 12.6. The Morgan fingerprint density at radius 3 is 2.03 bits per heavy atom. The molecule has 2 fully saturated rings. The number of nitrogens with zero attached hydrogens (tertiary/aromatic N) is 5. The molecule has 2 amide bonds. The molecule has 0 radical (unpaired) electrons. The van der Waals surface area contributed by atoms with Gasteiger partial charge < -0.3 is 24.8 Å². The number of amides is 2. The molecule has 1 aromatic carbocycles. The fraction of sp³-hybridized carbons (Fsp3) is 0.500. The Morgan fingerprint density at radius 2 is 1.47 bits per heavy atom. The van der Waals surface area contributed by atoms with Crippen molar-refractivity contribution in [1.29, 1.82) is 0 Å². The summed E-state index contributed by atoms with van der Waals surface area (Å²) in [5.74, 6) is 2.64. The summed E-state index contributed by atoms with van der Waals surface area (Å²) in [6, 6.07) is 11.5. The molecule has 2 aliphatic heterocycles. The van der Waals surface area contributed by atoms with Gasteiger partial charge in [0.2, 0.25) is 0 Å². The van der Waals surface area contributed by atoms with Crippen LogP contribution in [0.5, 0.6) is 5.75 Å². The first-order chi connectivity index (χ1) is 14.7. The van der Waals surface area contributed by atoms with Crippen LogP contribution in [0.4, 0.5) is 22.1 Å². The Labute approximate surface area is 177 Å². The fourth-order valence-electron chi connectivity index (χ4n) is 3.92. The summed E-state index contributed by atoms with van der Waals surface area (Å²) in [6.07, 6.45) is 3.76. The highest BCUT2D eigenvalue weighted by atomic mass is 16.5. The van der Waals surface area contributed by atoms with Crippen LogP contribution in [-0.4, -0.2) is 67.0 Å². The van der Waals surface area contributed by atoms with E-state index in [0.29, 0.717) is 19.7 Å². The molecule has 2 saturated heterocycles.